The zero-order chi connectivity index (χ0) is 23.3. The van der Waals surface area contributed by atoms with Crippen LogP contribution in [0.5, 0.6) is 0 Å². The number of ether oxygens (including phenoxy) is 1. The lowest BCUT2D eigenvalue weighted by Crippen LogP contribution is -2.29. The predicted molar refractivity (Wildman–Crippen MR) is 132 cm³/mol. The van der Waals surface area contributed by atoms with Gasteiger partial charge in [-0.15, -0.1) is 11.3 Å². The molecule has 0 radical (unpaired) electrons. The van der Waals surface area contributed by atoms with E-state index in [1.165, 1.54) is 21.9 Å². The van der Waals surface area contributed by atoms with Crippen LogP contribution >= 0.6 is 22.9 Å². The largest absolute Gasteiger partial charge is 0.379 e. The van der Waals surface area contributed by atoms with Gasteiger partial charge in [0.2, 0.25) is 10.0 Å². The fraction of sp³-hybridized carbons (Fsp3) is 0.348. The maximum absolute atomic E-state index is 12.5. The molecule has 172 valence electrons. The van der Waals surface area contributed by atoms with E-state index in [1.54, 1.807) is 42.5 Å². The summed E-state index contributed by atoms with van der Waals surface area (Å²) < 4.78 is 32.7. The Hall–Kier alpha value is -2.13. The van der Waals surface area contributed by atoms with Gasteiger partial charge in [0.15, 0.2) is 0 Å². The second-order valence-electron chi connectivity index (χ2n) is 7.76. The highest BCUT2D eigenvalue weighted by atomic mass is 35.5. The molecule has 0 atom stereocenters. The quantitative estimate of drug-likeness (QED) is 0.399. The Morgan fingerprint density at radius 3 is 2.53 bits per heavy atom. The SMILES string of the molecule is CC(C)OCCCNC(=O)c1cc2cc(N(Cc3ccc(Cl)cc3)S(C)(=O)=O)ccc2s1. The molecule has 2 aromatic carbocycles. The Kier molecular flexibility index (Phi) is 8.16. The molecule has 0 spiro atoms. The minimum absolute atomic E-state index is 0.140. The summed E-state index contributed by atoms with van der Waals surface area (Å²) in [6, 6.07) is 14.3. The van der Waals surface area contributed by atoms with Crippen molar-refractivity contribution in [3.8, 4) is 0 Å². The number of carbonyl (C=O) groups excluding carboxylic acids is 1. The molecular weight excluding hydrogens is 468 g/mol. The first-order valence-electron chi connectivity index (χ1n) is 10.3. The van der Waals surface area contributed by atoms with Gasteiger partial charge in [-0.3, -0.25) is 9.10 Å². The van der Waals surface area contributed by atoms with Crippen molar-refractivity contribution >= 4 is 54.6 Å². The number of rotatable bonds is 10. The summed E-state index contributed by atoms with van der Waals surface area (Å²) in [6.07, 6.45) is 2.10. The van der Waals surface area contributed by atoms with Crippen molar-refractivity contribution in [1.82, 2.24) is 5.32 Å². The van der Waals surface area contributed by atoms with Crippen LogP contribution in [0.4, 0.5) is 5.69 Å². The molecule has 0 saturated heterocycles. The molecule has 3 rings (SSSR count). The lowest BCUT2D eigenvalue weighted by Gasteiger charge is -2.22. The summed E-state index contributed by atoms with van der Waals surface area (Å²) in [7, 11) is -3.52. The van der Waals surface area contributed by atoms with Crippen LogP contribution in [0, 0.1) is 0 Å². The number of fused-ring (bicyclic) bond motifs is 1. The summed E-state index contributed by atoms with van der Waals surface area (Å²) in [6.45, 7) is 5.28. The highest BCUT2D eigenvalue weighted by molar-refractivity contribution is 7.92. The van der Waals surface area contributed by atoms with E-state index < -0.39 is 10.0 Å². The topological polar surface area (TPSA) is 75.7 Å². The number of hydrogen-bond acceptors (Lipinski definition) is 5. The Morgan fingerprint density at radius 1 is 1.16 bits per heavy atom. The molecule has 6 nitrogen and oxygen atoms in total. The summed E-state index contributed by atoms with van der Waals surface area (Å²) >= 11 is 7.32. The zero-order valence-corrected chi connectivity index (χ0v) is 20.7. The van der Waals surface area contributed by atoms with E-state index in [0.29, 0.717) is 28.7 Å². The number of thiophene rings is 1. The number of benzene rings is 2. The Morgan fingerprint density at radius 2 is 1.88 bits per heavy atom. The molecule has 1 aromatic heterocycles. The van der Waals surface area contributed by atoms with Crippen molar-refractivity contribution < 1.29 is 17.9 Å². The highest BCUT2D eigenvalue weighted by Crippen LogP contribution is 2.31. The number of anilines is 1. The van der Waals surface area contributed by atoms with Gasteiger partial charge in [-0.1, -0.05) is 23.7 Å². The van der Waals surface area contributed by atoms with Crippen LogP contribution in [0.25, 0.3) is 10.1 Å². The second kappa shape index (κ2) is 10.7. The molecule has 3 aromatic rings. The summed E-state index contributed by atoms with van der Waals surface area (Å²) in [5.41, 5.74) is 1.37. The van der Waals surface area contributed by atoms with Crippen molar-refractivity contribution in [1.29, 1.82) is 0 Å². The van der Waals surface area contributed by atoms with Gasteiger partial charge >= 0.3 is 0 Å². The van der Waals surface area contributed by atoms with Gasteiger partial charge in [-0.2, -0.15) is 0 Å². The monoisotopic (exact) mass is 494 g/mol. The number of amides is 1. The first-order valence-corrected chi connectivity index (χ1v) is 13.3. The van der Waals surface area contributed by atoms with Gasteiger partial charge in [-0.05, 0) is 67.6 Å². The number of nitrogens with one attached hydrogen (secondary N) is 1. The average molecular weight is 495 g/mol. The Bertz CT molecular complexity index is 1170. The smallest absolute Gasteiger partial charge is 0.261 e. The van der Waals surface area contributed by atoms with Crippen LogP contribution in [0.1, 0.15) is 35.5 Å². The molecule has 0 unspecified atom stereocenters. The maximum atomic E-state index is 12.5. The molecule has 1 heterocycles. The van der Waals surface area contributed by atoms with E-state index in [-0.39, 0.29) is 18.6 Å². The van der Waals surface area contributed by atoms with E-state index in [1.807, 2.05) is 19.9 Å². The lowest BCUT2D eigenvalue weighted by atomic mass is 10.2. The first-order chi connectivity index (χ1) is 15.1. The molecule has 0 fully saturated rings. The van der Waals surface area contributed by atoms with Crippen LogP contribution in [0.2, 0.25) is 5.02 Å². The lowest BCUT2D eigenvalue weighted by molar-refractivity contribution is 0.0757. The highest BCUT2D eigenvalue weighted by Gasteiger charge is 2.19. The van der Waals surface area contributed by atoms with E-state index in [0.717, 1.165) is 22.1 Å². The Balaban J connectivity index is 1.75. The van der Waals surface area contributed by atoms with Gasteiger partial charge in [0.05, 0.1) is 29.5 Å². The fourth-order valence-electron chi connectivity index (χ4n) is 3.13. The molecule has 0 aliphatic heterocycles. The number of hydrogen-bond donors (Lipinski definition) is 1. The number of nitrogens with zero attached hydrogens (tertiary/aromatic N) is 1. The molecule has 0 aliphatic rings. The summed E-state index contributed by atoms with van der Waals surface area (Å²) in [5.74, 6) is -0.140. The minimum Gasteiger partial charge on any atom is -0.379 e. The molecule has 1 amide bonds. The molecule has 9 heteroatoms. The van der Waals surface area contributed by atoms with Crippen LogP contribution in [-0.4, -0.2) is 39.8 Å². The number of sulfonamides is 1. The van der Waals surface area contributed by atoms with E-state index in [4.69, 9.17) is 16.3 Å². The molecule has 0 bridgehead atoms. The molecule has 0 aliphatic carbocycles. The molecule has 32 heavy (non-hydrogen) atoms. The van der Waals surface area contributed by atoms with Crippen LogP contribution in [0.15, 0.2) is 48.5 Å². The normalized spacial score (nSPS) is 11.8. The van der Waals surface area contributed by atoms with Crippen LogP contribution < -0.4 is 9.62 Å². The van der Waals surface area contributed by atoms with E-state index in [9.17, 15) is 13.2 Å². The van der Waals surface area contributed by atoms with Crippen molar-refractivity contribution in [2.24, 2.45) is 0 Å². The average Bonchev–Trinajstić information content (AvgIpc) is 3.15. The summed E-state index contributed by atoms with van der Waals surface area (Å²) in [5, 5.41) is 4.33. The zero-order valence-electron chi connectivity index (χ0n) is 18.3. The third-order valence-corrected chi connectivity index (χ3v) is 7.22. The number of carbonyl (C=O) groups is 1. The van der Waals surface area contributed by atoms with Crippen LogP contribution in [0.3, 0.4) is 0 Å². The standard InChI is InChI=1S/C23H27ClN2O4S2/c1-16(2)30-12-4-11-25-23(27)22-14-18-13-20(9-10-21(18)31-22)26(32(3,28)29)15-17-5-7-19(24)8-6-17/h5-10,13-14,16H,4,11-12,15H2,1-3H3,(H,25,27). The predicted octanol–water partition coefficient (Wildman–Crippen LogP) is 5.07. The van der Waals surface area contributed by atoms with Gasteiger partial charge in [0, 0.05) is 22.9 Å². The maximum Gasteiger partial charge on any atom is 0.261 e. The molecule has 0 saturated carbocycles. The van der Waals surface area contributed by atoms with Gasteiger partial charge in [0.1, 0.15) is 0 Å². The van der Waals surface area contributed by atoms with Crippen molar-refractivity contribution in [3.05, 3.63) is 64.0 Å². The van der Waals surface area contributed by atoms with E-state index in [2.05, 4.69) is 5.32 Å². The van der Waals surface area contributed by atoms with Crippen molar-refractivity contribution in [2.45, 2.75) is 32.9 Å². The van der Waals surface area contributed by atoms with Crippen LogP contribution in [-0.2, 0) is 21.3 Å². The fourth-order valence-corrected chi connectivity index (χ4v) is 5.10. The number of halogens is 1. The second-order valence-corrected chi connectivity index (χ2v) is 11.2. The van der Waals surface area contributed by atoms with Gasteiger partial charge < -0.3 is 10.1 Å². The van der Waals surface area contributed by atoms with Crippen molar-refractivity contribution in [2.75, 3.05) is 23.7 Å². The van der Waals surface area contributed by atoms with Gasteiger partial charge in [0.25, 0.3) is 5.91 Å². The molecular formula is C23H27ClN2O4S2. The minimum atomic E-state index is -3.52. The Labute approximate surface area is 198 Å². The van der Waals surface area contributed by atoms with E-state index >= 15 is 0 Å². The molecule has 1 N–H and O–H groups in total. The third kappa shape index (κ3) is 6.68. The third-order valence-electron chi connectivity index (χ3n) is 4.71. The first kappa shape index (κ1) is 24.5. The van der Waals surface area contributed by atoms with Crippen molar-refractivity contribution in [3.63, 3.8) is 0 Å². The summed E-state index contributed by atoms with van der Waals surface area (Å²) in [4.78, 5) is 13.1. The van der Waals surface area contributed by atoms with Gasteiger partial charge in [-0.25, -0.2) is 8.42 Å².